The van der Waals surface area contributed by atoms with Crippen molar-refractivity contribution in [3.63, 3.8) is 0 Å². The van der Waals surface area contributed by atoms with Crippen LogP contribution in [0.1, 0.15) is 0 Å². The quantitative estimate of drug-likeness (QED) is 0.380. The van der Waals surface area contributed by atoms with Gasteiger partial charge >= 0.3 is 6.16 Å². The first-order chi connectivity index (χ1) is 11.7. The van der Waals surface area contributed by atoms with Crippen molar-refractivity contribution in [1.29, 1.82) is 0 Å². The average molecular weight is 314 g/mol. The van der Waals surface area contributed by atoms with E-state index in [2.05, 4.69) is 0 Å². The molecule has 116 valence electrons. The van der Waals surface area contributed by atoms with Gasteiger partial charge in [-0.3, -0.25) is 0 Å². The van der Waals surface area contributed by atoms with E-state index in [4.69, 9.17) is 9.84 Å². The van der Waals surface area contributed by atoms with Gasteiger partial charge in [-0.1, -0.05) is 72.8 Å². The smallest absolute Gasteiger partial charge is 0.449 e. The van der Waals surface area contributed by atoms with E-state index in [9.17, 15) is 4.79 Å². The topological polar surface area (TPSA) is 46.5 Å². The number of benzene rings is 4. The van der Waals surface area contributed by atoms with Gasteiger partial charge in [-0.2, -0.15) is 0 Å². The number of carboxylic acid groups (broad SMARTS) is 1. The van der Waals surface area contributed by atoms with E-state index >= 15 is 0 Å². The number of hydrogen-bond donors (Lipinski definition) is 1. The summed E-state index contributed by atoms with van der Waals surface area (Å²) in [7, 11) is 0. The summed E-state index contributed by atoms with van der Waals surface area (Å²) in [5, 5.41) is 13.3. The average Bonchev–Trinajstić information content (AvgIpc) is 2.61. The highest BCUT2D eigenvalue weighted by Gasteiger charge is 2.15. The molecule has 1 N–H and O–H groups in total. The van der Waals surface area contributed by atoms with Crippen LogP contribution in [0.25, 0.3) is 32.7 Å². The van der Waals surface area contributed by atoms with E-state index < -0.39 is 6.16 Å². The first kappa shape index (κ1) is 14.3. The minimum absolute atomic E-state index is 0.345. The molecule has 0 amide bonds. The fourth-order valence-electron chi connectivity index (χ4n) is 3.15. The Bertz CT molecular complexity index is 1060. The SMILES string of the molecule is O=C(O)Oc1ccc2ccccc2c1-c1cccc2ccccc12. The molecule has 0 radical (unpaired) electrons. The van der Waals surface area contributed by atoms with Crippen LogP contribution in [0.5, 0.6) is 5.75 Å². The monoisotopic (exact) mass is 314 g/mol. The van der Waals surface area contributed by atoms with Crippen molar-refractivity contribution in [2.45, 2.75) is 0 Å². The lowest BCUT2D eigenvalue weighted by Gasteiger charge is -2.14. The first-order valence-corrected chi connectivity index (χ1v) is 7.65. The van der Waals surface area contributed by atoms with Gasteiger partial charge in [-0.05, 0) is 33.2 Å². The van der Waals surface area contributed by atoms with E-state index in [-0.39, 0.29) is 0 Å². The summed E-state index contributed by atoms with van der Waals surface area (Å²) in [5.74, 6) is 0.345. The molecular formula is C21H14O3. The molecule has 0 aliphatic carbocycles. The van der Waals surface area contributed by atoms with Crippen LogP contribution in [-0.2, 0) is 0 Å². The number of carbonyl (C=O) groups is 1. The lowest BCUT2D eigenvalue weighted by molar-refractivity contribution is 0.144. The van der Waals surface area contributed by atoms with Crippen LogP contribution in [0.4, 0.5) is 4.79 Å². The van der Waals surface area contributed by atoms with E-state index in [1.807, 2.05) is 72.8 Å². The molecule has 24 heavy (non-hydrogen) atoms. The summed E-state index contributed by atoms with van der Waals surface area (Å²) >= 11 is 0. The van der Waals surface area contributed by atoms with Crippen LogP contribution in [-0.4, -0.2) is 11.3 Å². The van der Waals surface area contributed by atoms with Crippen molar-refractivity contribution in [3.8, 4) is 16.9 Å². The first-order valence-electron chi connectivity index (χ1n) is 7.65. The van der Waals surface area contributed by atoms with Crippen molar-refractivity contribution in [1.82, 2.24) is 0 Å². The second-order valence-electron chi connectivity index (χ2n) is 5.55. The molecule has 0 unspecified atom stereocenters. The highest BCUT2D eigenvalue weighted by atomic mass is 16.7. The molecule has 4 rings (SSSR count). The van der Waals surface area contributed by atoms with Crippen LogP contribution < -0.4 is 4.74 Å². The maximum absolute atomic E-state index is 11.1. The summed E-state index contributed by atoms with van der Waals surface area (Å²) in [4.78, 5) is 11.1. The maximum Gasteiger partial charge on any atom is 0.511 e. The third-order valence-electron chi connectivity index (χ3n) is 4.15. The van der Waals surface area contributed by atoms with Gasteiger partial charge in [0.15, 0.2) is 0 Å². The molecule has 4 aromatic carbocycles. The van der Waals surface area contributed by atoms with Crippen LogP contribution >= 0.6 is 0 Å². The minimum Gasteiger partial charge on any atom is -0.449 e. The van der Waals surface area contributed by atoms with E-state index in [1.165, 1.54) is 0 Å². The zero-order chi connectivity index (χ0) is 16.5. The normalized spacial score (nSPS) is 10.8. The number of ether oxygens (including phenoxy) is 1. The molecular weight excluding hydrogens is 300 g/mol. The van der Waals surface area contributed by atoms with Crippen LogP contribution in [0.3, 0.4) is 0 Å². The number of hydrogen-bond acceptors (Lipinski definition) is 2. The molecule has 0 aliphatic heterocycles. The van der Waals surface area contributed by atoms with Crippen molar-refractivity contribution in [2.75, 3.05) is 0 Å². The Hall–Kier alpha value is -3.33. The summed E-state index contributed by atoms with van der Waals surface area (Å²) in [5.41, 5.74) is 1.76. The molecule has 0 bridgehead atoms. The Morgan fingerprint density at radius 2 is 1.33 bits per heavy atom. The van der Waals surface area contributed by atoms with Gasteiger partial charge in [-0.15, -0.1) is 0 Å². The summed E-state index contributed by atoms with van der Waals surface area (Å²) in [6.45, 7) is 0. The third kappa shape index (κ3) is 2.36. The fraction of sp³-hybridized carbons (Fsp3) is 0. The maximum atomic E-state index is 11.1. The highest BCUT2D eigenvalue weighted by Crippen LogP contribution is 2.40. The lowest BCUT2D eigenvalue weighted by Crippen LogP contribution is -2.04. The molecule has 3 heteroatoms. The standard InChI is InChI=1S/C21H14O3/c22-21(23)24-19-13-12-15-7-2-4-10-17(15)20(19)18-11-5-8-14-6-1-3-9-16(14)18/h1-13H,(H,22,23). The molecule has 0 aromatic heterocycles. The molecule has 0 saturated heterocycles. The second kappa shape index (κ2) is 5.70. The zero-order valence-corrected chi connectivity index (χ0v) is 12.8. The molecule has 0 fully saturated rings. The zero-order valence-electron chi connectivity index (χ0n) is 12.8. The Morgan fingerprint density at radius 1 is 0.708 bits per heavy atom. The summed E-state index contributed by atoms with van der Waals surface area (Å²) in [6, 6.07) is 25.6. The lowest BCUT2D eigenvalue weighted by atomic mass is 9.93. The molecule has 3 nitrogen and oxygen atoms in total. The molecule has 0 heterocycles. The van der Waals surface area contributed by atoms with Crippen LogP contribution in [0.15, 0.2) is 78.9 Å². The molecule has 0 aliphatic rings. The van der Waals surface area contributed by atoms with Crippen molar-refractivity contribution in [3.05, 3.63) is 78.9 Å². The number of fused-ring (bicyclic) bond motifs is 2. The Morgan fingerprint density at radius 3 is 2.08 bits per heavy atom. The van der Waals surface area contributed by atoms with Gasteiger partial charge in [0.25, 0.3) is 0 Å². The third-order valence-corrected chi connectivity index (χ3v) is 4.15. The van der Waals surface area contributed by atoms with Crippen molar-refractivity contribution < 1.29 is 14.6 Å². The predicted octanol–water partition coefficient (Wildman–Crippen LogP) is 5.72. The Kier molecular flexibility index (Phi) is 3.39. The van der Waals surface area contributed by atoms with Gasteiger partial charge < -0.3 is 9.84 Å². The molecule has 4 aromatic rings. The van der Waals surface area contributed by atoms with Crippen LogP contribution in [0, 0.1) is 0 Å². The largest absolute Gasteiger partial charge is 0.511 e. The summed E-state index contributed by atoms with van der Waals surface area (Å²) in [6.07, 6.45) is -1.31. The van der Waals surface area contributed by atoms with E-state index in [0.29, 0.717) is 5.75 Å². The van der Waals surface area contributed by atoms with Gasteiger partial charge in [0, 0.05) is 5.56 Å². The molecule has 0 atom stereocenters. The van der Waals surface area contributed by atoms with Crippen molar-refractivity contribution in [2.24, 2.45) is 0 Å². The van der Waals surface area contributed by atoms with Gasteiger partial charge in [-0.25, -0.2) is 4.79 Å². The van der Waals surface area contributed by atoms with Gasteiger partial charge in [0.2, 0.25) is 0 Å². The predicted molar refractivity (Wildman–Crippen MR) is 95.5 cm³/mol. The van der Waals surface area contributed by atoms with Crippen LogP contribution in [0.2, 0.25) is 0 Å². The van der Waals surface area contributed by atoms with E-state index in [1.54, 1.807) is 6.07 Å². The van der Waals surface area contributed by atoms with Crippen molar-refractivity contribution >= 4 is 27.7 Å². The fourth-order valence-corrected chi connectivity index (χ4v) is 3.15. The second-order valence-corrected chi connectivity index (χ2v) is 5.55. The van der Waals surface area contributed by atoms with Gasteiger partial charge in [0.1, 0.15) is 5.75 Å². The minimum atomic E-state index is -1.31. The molecule has 0 spiro atoms. The Labute approximate surface area is 138 Å². The summed E-state index contributed by atoms with van der Waals surface area (Å²) < 4.78 is 5.07. The highest BCUT2D eigenvalue weighted by molar-refractivity contribution is 6.07. The number of rotatable bonds is 2. The Balaban J connectivity index is 2.12. The van der Waals surface area contributed by atoms with Gasteiger partial charge in [0.05, 0.1) is 0 Å². The molecule has 0 saturated carbocycles. The van der Waals surface area contributed by atoms with E-state index in [0.717, 1.165) is 32.7 Å².